The van der Waals surface area contributed by atoms with Gasteiger partial charge < -0.3 is 28.1 Å². The van der Waals surface area contributed by atoms with Crippen molar-refractivity contribution in [2.45, 2.75) is 78.0 Å². The highest BCUT2D eigenvalue weighted by Gasteiger charge is 2.53. The summed E-state index contributed by atoms with van der Waals surface area (Å²) < 4.78 is 32.7. The summed E-state index contributed by atoms with van der Waals surface area (Å²) in [7, 11) is -2.21. The lowest BCUT2D eigenvalue weighted by Crippen LogP contribution is -2.64. The van der Waals surface area contributed by atoms with Crippen LogP contribution < -0.4 is 0 Å². The lowest BCUT2D eigenvalue weighted by atomic mass is 9.98. The highest BCUT2D eigenvalue weighted by Crippen LogP contribution is 2.31. The van der Waals surface area contributed by atoms with Crippen LogP contribution in [0, 0.1) is 0 Å². The molecule has 0 N–H and O–H groups in total. The van der Waals surface area contributed by atoms with E-state index in [4.69, 9.17) is 28.1 Å². The third-order valence-corrected chi connectivity index (χ3v) is 4.36. The summed E-state index contributed by atoms with van der Waals surface area (Å²) in [6.45, 7) is 10.1. The van der Waals surface area contributed by atoms with E-state index in [0.29, 0.717) is 0 Å². The van der Waals surface area contributed by atoms with Gasteiger partial charge in [-0.1, -0.05) is 0 Å². The smallest absolute Gasteiger partial charge is 0.303 e. The molecular formula is C17H28O10Si. The van der Waals surface area contributed by atoms with Gasteiger partial charge in [0, 0.05) is 27.7 Å². The topological polar surface area (TPSA) is 124 Å². The fraction of sp³-hybridized carbons (Fsp3) is 0.765. The van der Waals surface area contributed by atoms with Gasteiger partial charge in [0.25, 0.3) is 0 Å². The zero-order chi connectivity index (χ0) is 21.6. The minimum Gasteiger partial charge on any atom is -0.463 e. The molecule has 1 aliphatic heterocycles. The Morgan fingerprint density at radius 2 is 1.21 bits per heavy atom. The summed E-state index contributed by atoms with van der Waals surface area (Å²) in [6, 6.07) is 0. The standard InChI is InChI=1S/C17H28O10Si/c1-9(18)22-8-13-14(23-10(2)19)15(24-11(3)20)16(25-12(4)21)17(26-13)27-28(5,6)7/h13-17H,8H2,1-7H3/t13-,14-,15-,16-,17+/m1/s1. The molecule has 0 aromatic rings. The van der Waals surface area contributed by atoms with Crippen LogP contribution in [0.25, 0.3) is 0 Å². The molecule has 1 heterocycles. The van der Waals surface area contributed by atoms with Crippen molar-refractivity contribution in [2.24, 2.45) is 0 Å². The molecule has 0 bridgehead atoms. The molecule has 0 aromatic heterocycles. The molecule has 160 valence electrons. The number of hydrogen-bond donors (Lipinski definition) is 0. The lowest BCUT2D eigenvalue weighted by Gasteiger charge is -2.45. The Bertz CT molecular complexity index is 599. The first-order chi connectivity index (χ1) is 12.8. The van der Waals surface area contributed by atoms with E-state index in [-0.39, 0.29) is 6.61 Å². The minimum atomic E-state index is -2.21. The van der Waals surface area contributed by atoms with Crippen molar-refractivity contribution in [3.63, 3.8) is 0 Å². The van der Waals surface area contributed by atoms with Crippen LogP contribution in [0.3, 0.4) is 0 Å². The highest BCUT2D eigenvalue weighted by atomic mass is 28.4. The SMILES string of the molecule is CC(=O)OC[C@H]1O[C@@H](O[Si](C)(C)C)[C@H](OC(C)=O)[C@H](OC(C)=O)[C@@H]1OC(C)=O. The van der Waals surface area contributed by atoms with Crippen LogP contribution in [0.4, 0.5) is 0 Å². The molecule has 0 aliphatic carbocycles. The number of carbonyl (C=O) groups is 4. The Balaban J connectivity index is 3.33. The van der Waals surface area contributed by atoms with Crippen molar-refractivity contribution >= 4 is 32.2 Å². The Morgan fingerprint density at radius 1 is 0.750 bits per heavy atom. The van der Waals surface area contributed by atoms with E-state index in [0.717, 1.165) is 0 Å². The van der Waals surface area contributed by atoms with Crippen LogP contribution in [0.15, 0.2) is 0 Å². The molecule has 10 nitrogen and oxygen atoms in total. The number of ether oxygens (including phenoxy) is 5. The molecule has 11 heteroatoms. The highest BCUT2D eigenvalue weighted by molar-refractivity contribution is 6.69. The monoisotopic (exact) mass is 420 g/mol. The maximum absolute atomic E-state index is 11.7. The summed E-state index contributed by atoms with van der Waals surface area (Å²) in [4.78, 5) is 46.2. The second kappa shape index (κ2) is 9.98. The summed E-state index contributed by atoms with van der Waals surface area (Å²) >= 11 is 0. The molecule has 0 unspecified atom stereocenters. The molecular weight excluding hydrogens is 392 g/mol. The number of rotatable bonds is 7. The molecule has 0 saturated carbocycles. The van der Waals surface area contributed by atoms with Crippen molar-refractivity contribution in [2.75, 3.05) is 6.61 Å². The van der Waals surface area contributed by atoms with Gasteiger partial charge >= 0.3 is 23.9 Å². The second-order valence-electron chi connectivity index (χ2n) is 7.30. The van der Waals surface area contributed by atoms with E-state index in [1.165, 1.54) is 27.7 Å². The van der Waals surface area contributed by atoms with Gasteiger partial charge in [-0.2, -0.15) is 0 Å². The zero-order valence-electron chi connectivity index (χ0n) is 17.2. The van der Waals surface area contributed by atoms with Crippen LogP contribution in [-0.4, -0.2) is 69.5 Å². The Kier molecular flexibility index (Phi) is 8.58. The van der Waals surface area contributed by atoms with Gasteiger partial charge in [0.05, 0.1) is 0 Å². The molecule has 0 aromatic carbocycles. The lowest BCUT2D eigenvalue weighted by molar-refractivity contribution is -0.290. The maximum Gasteiger partial charge on any atom is 0.303 e. The van der Waals surface area contributed by atoms with Crippen molar-refractivity contribution < 1.29 is 47.3 Å². The Labute approximate surface area is 164 Å². The first-order valence-corrected chi connectivity index (χ1v) is 12.2. The van der Waals surface area contributed by atoms with Crippen LogP contribution in [-0.2, 0) is 47.3 Å². The first kappa shape index (κ1) is 24.1. The van der Waals surface area contributed by atoms with Crippen LogP contribution in [0.2, 0.25) is 19.6 Å². The molecule has 5 atom stereocenters. The Hall–Kier alpha value is -1.98. The number of carbonyl (C=O) groups excluding carboxylic acids is 4. The third-order valence-electron chi connectivity index (χ3n) is 3.42. The molecule has 0 spiro atoms. The predicted octanol–water partition coefficient (Wildman–Crippen LogP) is 0.921. The first-order valence-electron chi connectivity index (χ1n) is 8.78. The van der Waals surface area contributed by atoms with Gasteiger partial charge in [0.15, 0.2) is 32.9 Å². The van der Waals surface area contributed by atoms with Crippen LogP contribution >= 0.6 is 0 Å². The second-order valence-corrected chi connectivity index (χ2v) is 11.8. The minimum absolute atomic E-state index is 0.274. The van der Waals surface area contributed by atoms with Gasteiger partial charge in [0.1, 0.15) is 12.7 Å². The Morgan fingerprint density at radius 3 is 1.64 bits per heavy atom. The molecule has 1 rings (SSSR count). The number of hydrogen-bond acceptors (Lipinski definition) is 10. The molecule has 28 heavy (non-hydrogen) atoms. The fourth-order valence-electron chi connectivity index (χ4n) is 2.63. The largest absolute Gasteiger partial charge is 0.463 e. The van der Waals surface area contributed by atoms with Gasteiger partial charge in [-0.15, -0.1) is 0 Å². The van der Waals surface area contributed by atoms with E-state index in [1.807, 2.05) is 19.6 Å². The molecule has 0 radical (unpaired) electrons. The van der Waals surface area contributed by atoms with Crippen molar-refractivity contribution in [3.05, 3.63) is 0 Å². The summed E-state index contributed by atoms with van der Waals surface area (Å²) in [6.07, 6.45) is -5.66. The molecule has 1 saturated heterocycles. The van der Waals surface area contributed by atoms with E-state index in [2.05, 4.69) is 0 Å². The van der Waals surface area contributed by atoms with Crippen molar-refractivity contribution in [1.29, 1.82) is 0 Å². The normalized spacial score (nSPS) is 27.5. The summed E-state index contributed by atoms with van der Waals surface area (Å²) in [5, 5.41) is 0. The van der Waals surface area contributed by atoms with Gasteiger partial charge in [-0.05, 0) is 19.6 Å². The summed E-state index contributed by atoms with van der Waals surface area (Å²) in [5.74, 6) is -2.59. The van der Waals surface area contributed by atoms with E-state index in [1.54, 1.807) is 0 Å². The molecule has 1 aliphatic rings. The maximum atomic E-state index is 11.7. The van der Waals surface area contributed by atoms with Crippen LogP contribution in [0.1, 0.15) is 27.7 Å². The zero-order valence-corrected chi connectivity index (χ0v) is 18.2. The van der Waals surface area contributed by atoms with Gasteiger partial charge in [-0.25, -0.2) is 0 Å². The fourth-order valence-corrected chi connectivity index (χ4v) is 3.52. The van der Waals surface area contributed by atoms with Gasteiger partial charge in [-0.3, -0.25) is 19.2 Å². The number of esters is 4. The predicted molar refractivity (Wildman–Crippen MR) is 96.4 cm³/mol. The van der Waals surface area contributed by atoms with E-state index < -0.39 is 62.9 Å². The van der Waals surface area contributed by atoms with Crippen molar-refractivity contribution in [3.8, 4) is 0 Å². The van der Waals surface area contributed by atoms with E-state index in [9.17, 15) is 19.2 Å². The average molecular weight is 420 g/mol. The van der Waals surface area contributed by atoms with Crippen LogP contribution in [0.5, 0.6) is 0 Å². The van der Waals surface area contributed by atoms with Gasteiger partial charge in [0.2, 0.25) is 0 Å². The van der Waals surface area contributed by atoms with E-state index >= 15 is 0 Å². The van der Waals surface area contributed by atoms with Crippen molar-refractivity contribution in [1.82, 2.24) is 0 Å². The third kappa shape index (κ3) is 7.95. The summed E-state index contributed by atoms with van der Waals surface area (Å²) in [5.41, 5.74) is 0. The molecule has 0 amide bonds. The molecule has 1 fully saturated rings. The quantitative estimate of drug-likeness (QED) is 0.333. The average Bonchev–Trinajstić information content (AvgIpc) is 2.48.